The molecule has 4 nitrogen and oxygen atoms in total. The minimum absolute atomic E-state index is 0.0640. The summed E-state index contributed by atoms with van der Waals surface area (Å²) in [4.78, 5) is 10.7. The van der Waals surface area contributed by atoms with E-state index in [0.29, 0.717) is 44.9 Å². The van der Waals surface area contributed by atoms with Gasteiger partial charge in [0.05, 0.1) is 0 Å². The molecule has 0 fully saturated rings. The quantitative estimate of drug-likeness (QED) is 0.730. The predicted molar refractivity (Wildman–Crippen MR) is 96.6 cm³/mol. The fraction of sp³-hybridized carbons (Fsp3) is 0.211. The topological polar surface area (TPSA) is 55.8 Å². The third-order valence-corrected chi connectivity index (χ3v) is 4.61. The van der Waals surface area contributed by atoms with Gasteiger partial charge in [0.2, 0.25) is 0 Å². The molecule has 136 valence electrons. The molecule has 3 rings (SSSR count). The number of carboxylic acids is 1. The van der Waals surface area contributed by atoms with E-state index in [0.717, 1.165) is 5.56 Å². The first-order valence-electron chi connectivity index (χ1n) is 7.83. The Morgan fingerprint density at radius 1 is 1.27 bits per heavy atom. The third-order valence-electron chi connectivity index (χ3n) is 3.94. The first-order chi connectivity index (χ1) is 12.3. The number of hydrogen-bond donors (Lipinski definition) is 1. The largest absolute Gasteiger partial charge is 0.489 e. The maximum atomic E-state index is 13.8. The Morgan fingerprint density at radius 2 is 1.96 bits per heavy atom. The molecule has 0 aromatic heterocycles. The van der Waals surface area contributed by atoms with Crippen molar-refractivity contribution in [1.29, 1.82) is 0 Å². The molecule has 0 atom stereocenters. The van der Waals surface area contributed by atoms with Crippen molar-refractivity contribution in [2.75, 3.05) is 0 Å². The smallest absolute Gasteiger partial charge is 0.303 e. The molecule has 0 radical (unpaired) electrons. The van der Waals surface area contributed by atoms with Crippen molar-refractivity contribution in [2.45, 2.75) is 25.9 Å². The molecule has 0 saturated heterocycles. The Hall–Kier alpha value is -2.24. The van der Waals surface area contributed by atoms with E-state index in [1.807, 2.05) is 0 Å². The first-order valence-corrected chi connectivity index (χ1v) is 8.58. The van der Waals surface area contributed by atoms with Crippen LogP contribution in [0, 0.1) is 5.82 Å². The van der Waals surface area contributed by atoms with Crippen LogP contribution in [-0.4, -0.2) is 11.1 Å². The summed E-state index contributed by atoms with van der Waals surface area (Å²) in [6.07, 6.45) is 0.618. The van der Waals surface area contributed by atoms with Crippen molar-refractivity contribution in [3.63, 3.8) is 0 Å². The van der Waals surface area contributed by atoms with Crippen LogP contribution >= 0.6 is 23.2 Å². The summed E-state index contributed by atoms with van der Waals surface area (Å²) in [5.74, 6) is 0.209. The Balaban J connectivity index is 1.77. The van der Waals surface area contributed by atoms with E-state index in [9.17, 15) is 9.18 Å². The lowest BCUT2D eigenvalue weighted by Crippen LogP contribution is -2.01. The van der Waals surface area contributed by atoms with Gasteiger partial charge >= 0.3 is 5.97 Å². The number of ether oxygens (including phenoxy) is 2. The van der Waals surface area contributed by atoms with Crippen LogP contribution in [0.15, 0.2) is 36.6 Å². The lowest BCUT2D eigenvalue weighted by atomic mass is 10.1. The van der Waals surface area contributed by atoms with Gasteiger partial charge in [0.15, 0.2) is 0 Å². The normalized spacial score (nSPS) is 12.7. The number of hydrogen-bond acceptors (Lipinski definition) is 3. The summed E-state index contributed by atoms with van der Waals surface area (Å²) in [7, 11) is 0. The number of carbonyl (C=O) groups is 1. The minimum Gasteiger partial charge on any atom is -0.489 e. The fourth-order valence-corrected chi connectivity index (χ4v) is 3.43. The van der Waals surface area contributed by atoms with Crippen molar-refractivity contribution >= 4 is 29.2 Å². The second kappa shape index (κ2) is 7.56. The zero-order valence-corrected chi connectivity index (χ0v) is 15.2. The van der Waals surface area contributed by atoms with Gasteiger partial charge in [-0.15, -0.1) is 0 Å². The fourth-order valence-electron chi connectivity index (χ4n) is 2.77. The van der Waals surface area contributed by atoms with E-state index < -0.39 is 5.97 Å². The third kappa shape index (κ3) is 4.11. The monoisotopic (exact) mass is 396 g/mol. The highest BCUT2D eigenvalue weighted by Gasteiger charge is 2.21. The van der Waals surface area contributed by atoms with Gasteiger partial charge in [0.1, 0.15) is 29.7 Å². The van der Waals surface area contributed by atoms with E-state index in [-0.39, 0.29) is 25.3 Å². The minimum atomic E-state index is -0.931. The van der Waals surface area contributed by atoms with E-state index in [1.165, 1.54) is 12.1 Å². The van der Waals surface area contributed by atoms with Gasteiger partial charge in [-0.3, -0.25) is 4.79 Å². The van der Waals surface area contributed by atoms with Crippen LogP contribution in [0.3, 0.4) is 0 Å². The average molecular weight is 397 g/mol. The molecule has 0 bridgehead atoms. The molecule has 1 aliphatic rings. The molecule has 0 spiro atoms. The maximum Gasteiger partial charge on any atom is 0.303 e. The van der Waals surface area contributed by atoms with E-state index in [2.05, 4.69) is 6.58 Å². The first kappa shape index (κ1) is 18.5. The summed E-state index contributed by atoms with van der Waals surface area (Å²) in [6.45, 7) is 3.82. The second-order valence-electron chi connectivity index (χ2n) is 5.92. The number of carboxylic acid groups (broad SMARTS) is 1. The van der Waals surface area contributed by atoms with Crippen molar-refractivity contribution in [3.8, 4) is 11.5 Å². The number of aliphatic carboxylic acids is 1. The van der Waals surface area contributed by atoms with E-state index in [1.54, 1.807) is 12.1 Å². The van der Waals surface area contributed by atoms with Crippen LogP contribution in [0.5, 0.6) is 11.5 Å². The number of halogens is 3. The van der Waals surface area contributed by atoms with Crippen LogP contribution in [0.25, 0.3) is 0 Å². The van der Waals surface area contributed by atoms with Gasteiger partial charge in [-0.2, -0.15) is 0 Å². The summed E-state index contributed by atoms with van der Waals surface area (Å²) < 4.78 is 25.0. The average Bonchev–Trinajstić information content (AvgIpc) is 2.91. The van der Waals surface area contributed by atoms with Crippen LogP contribution in [0.1, 0.15) is 23.1 Å². The van der Waals surface area contributed by atoms with Gasteiger partial charge in [0.25, 0.3) is 0 Å². The molecule has 0 saturated carbocycles. The molecule has 7 heteroatoms. The molecule has 0 aliphatic carbocycles. The van der Waals surface area contributed by atoms with Crippen molar-refractivity contribution in [1.82, 2.24) is 0 Å². The lowest BCUT2D eigenvalue weighted by molar-refractivity contribution is -0.136. The van der Waals surface area contributed by atoms with Crippen LogP contribution in [0.2, 0.25) is 10.0 Å². The van der Waals surface area contributed by atoms with Crippen molar-refractivity contribution in [2.24, 2.45) is 0 Å². The number of fused-ring (bicyclic) bond motifs is 1. The molecule has 26 heavy (non-hydrogen) atoms. The zero-order valence-electron chi connectivity index (χ0n) is 13.7. The molecule has 2 aromatic rings. The van der Waals surface area contributed by atoms with E-state index >= 15 is 0 Å². The summed E-state index contributed by atoms with van der Waals surface area (Å²) >= 11 is 12.4. The molecular weight excluding hydrogens is 382 g/mol. The molecular formula is C19H15Cl2FO4. The Kier molecular flexibility index (Phi) is 5.39. The summed E-state index contributed by atoms with van der Waals surface area (Å²) in [6, 6.07) is 5.89. The van der Waals surface area contributed by atoms with Gasteiger partial charge in [-0.05, 0) is 36.2 Å². The van der Waals surface area contributed by atoms with Gasteiger partial charge < -0.3 is 14.6 Å². The highest BCUT2D eigenvalue weighted by Crippen LogP contribution is 2.36. The molecule has 1 aliphatic heterocycles. The summed E-state index contributed by atoms with van der Waals surface area (Å²) in [5.41, 5.74) is 1.84. The van der Waals surface area contributed by atoms with Gasteiger partial charge in [-0.25, -0.2) is 4.39 Å². The van der Waals surface area contributed by atoms with Crippen LogP contribution < -0.4 is 9.47 Å². The van der Waals surface area contributed by atoms with E-state index in [4.69, 9.17) is 37.8 Å². The summed E-state index contributed by atoms with van der Waals surface area (Å²) in [5, 5.41) is 9.42. The standard InChI is InChI=1S/C19H15Cl2FO4/c1-10-4-11-5-13(22)6-12(19(11)26-10)9-25-14-7-16(20)15(17(21)8-14)2-3-18(23)24/h5-8H,1-4,9H2,(H,23,24). The highest BCUT2D eigenvalue weighted by molar-refractivity contribution is 6.36. The number of allylic oxidation sites excluding steroid dienone is 1. The van der Waals surface area contributed by atoms with Crippen LogP contribution in [0.4, 0.5) is 4.39 Å². The van der Waals surface area contributed by atoms with Gasteiger partial charge in [-0.1, -0.05) is 29.8 Å². The predicted octanol–water partition coefficient (Wildman–Crippen LogP) is 5.18. The maximum absolute atomic E-state index is 13.8. The highest BCUT2D eigenvalue weighted by atomic mass is 35.5. The van der Waals surface area contributed by atoms with Gasteiger partial charge in [0, 0.05) is 34.0 Å². The number of rotatable bonds is 6. The molecule has 1 N–H and O–H groups in total. The molecule has 0 amide bonds. The number of benzene rings is 2. The molecule has 1 heterocycles. The van der Waals surface area contributed by atoms with Crippen molar-refractivity contribution in [3.05, 3.63) is 69.2 Å². The second-order valence-corrected chi connectivity index (χ2v) is 6.73. The Labute approximate surface area is 159 Å². The molecule has 2 aromatic carbocycles. The zero-order chi connectivity index (χ0) is 18.8. The SMILES string of the molecule is C=C1Cc2cc(F)cc(COc3cc(Cl)c(CCC(=O)O)c(Cl)c3)c2O1. The van der Waals surface area contributed by atoms with Crippen LogP contribution in [-0.2, 0) is 24.2 Å². The van der Waals surface area contributed by atoms with Crippen molar-refractivity contribution < 1.29 is 23.8 Å². The Bertz CT molecular complexity index is 872. The lowest BCUT2D eigenvalue weighted by Gasteiger charge is -2.13. The Morgan fingerprint density at radius 3 is 2.62 bits per heavy atom. The molecule has 0 unspecified atom stereocenters.